The van der Waals surface area contributed by atoms with Gasteiger partial charge < -0.3 is 10.6 Å². The Bertz CT molecular complexity index is 960. The second-order valence-corrected chi connectivity index (χ2v) is 6.87. The molecule has 2 aromatic heterocycles. The fraction of sp³-hybridized carbons (Fsp3) is 0.318. The van der Waals surface area contributed by atoms with Gasteiger partial charge in [0.15, 0.2) is 5.69 Å². The van der Waals surface area contributed by atoms with Crippen LogP contribution in [0.5, 0.6) is 0 Å². The molecule has 146 valence electrons. The van der Waals surface area contributed by atoms with E-state index in [1.54, 1.807) is 16.7 Å². The van der Waals surface area contributed by atoms with Gasteiger partial charge in [0.25, 0.3) is 11.8 Å². The number of hydrogen-bond acceptors (Lipinski definition) is 3. The second kappa shape index (κ2) is 9.17. The van der Waals surface area contributed by atoms with E-state index in [1.165, 1.54) is 5.56 Å². The van der Waals surface area contributed by atoms with E-state index in [0.29, 0.717) is 18.6 Å². The Morgan fingerprint density at radius 1 is 1.00 bits per heavy atom. The quantitative estimate of drug-likeness (QED) is 0.589. The largest absolute Gasteiger partial charge is 0.351 e. The minimum absolute atomic E-state index is 0.210. The lowest BCUT2D eigenvalue weighted by molar-refractivity contribution is 0.0939. The normalized spacial score (nSPS) is 10.8. The summed E-state index contributed by atoms with van der Waals surface area (Å²) in [6.45, 7) is 5.15. The molecule has 0 fully saturated rings. The molecule has 0 aliphatic rings. The van der Waals surface area contributed by atoms with Crippen LogP contribution in [0.3, 0.4) is 0 Å². The molecule has 6 nitrogen and oxygen atoms in total. The average Bonchev–Trinajstić information content (AvgIpc) is 3.10. The number of amides is 2. The summed E-state index contributed by atoms with van der Waals surface area (Å²) in [6.07, 6.45) is 4.83. The molecule has 2 heterocycles. The van der Waals surface area contributed by atoms with Gasteiger partial charge in [0.2, 0.25) is 5.82 Å². The summed E-state index contributed by atoms with van der Waals surface area (Å²) >= 11 is 0. The molecule has 1 aromatic carbocycles. The number of pyridine rings is 1. The van der Waals surface area contributed by atoms with E-state index in [4.69, 9.17) is 0 Å². The maximum atomic E-state index is 12.7. The molecule has 6 heteroatoms. The number of unbranched alkanes of at least 4 members (excludes halogenated alkanes) is 2. The highest BCUT2D eigenvalue weighted by atomic mass is 16.2. The minimum atomic E-state index is -0.313. The van der Waals surface area contributed by atoms with Crippen LogP contribution in [-0.4, -0.2) is 27.7 Å². The Morgan fingerprint density at radius 2 is 1.79 bits per heavy atom. The Balaban J connectivity index is 1.76. The summed E-state index contributed by atoms with van der Waals surface area (Å²) in [4.78, 5) is 29.6. The van der Waals surface area contributed by atoms with Gasteiger partial charge in [-0.25, -0.2) is 4.98 Å². The zero-order valence-corrected chi connectivity index (χ0v) is 16.4. The van der Waals surface area contributed by atoms with E-state index >= 15 is 0 Å². The number of rotatable bonds is 8. The predicted molar refractivity (Wildman–Crippen MR) is 109 cm³/mol. The number of carbonyl (C=O) groups is 2. The summed E-state index contributed by atoms with van der Waals surface area (Å²) in [7, 11) is 0. The number of aryl methyl sites for hydroxylation is 1. The van der Waals surface area contributed by atoms with Crippen LogP contribution < -0.4 is 10.6 Å². The van der Waals surface area contributed by atoms with Crippen molar-refractivity contribution in [3.05, 3.63) is 71.3 Å². The SMILES string of the molecule is CCCCCNC(=O)c1nc(C(=O)NCc2ccc(C)cc2)n2ccccc12. The predicted octanol–water partition coefficient (Wildman–Crippen LogP) is 3.49. The molecule has 0 radical (unpaired) electrons. The molecule has 3 aromatic rings. The molecular formula is C22H26N4O2. The van der Waals surface area contributed by atoms with Crippen molar-refractivity contribution in [2.24, 2.45) is 0 Å². The van der Waals surface area contributed by atoms with E-state index in [9.17, 15) is 9.59 Å². The second-order valence-electron chi connectivity index (χ2n) is 6.87. The first-order valence-electron chi connectivity index (χ1n) is 9.69. The number of benzene rings is 1. The lowest BCUT2D eigenvalue weighted by atomic mass is 10.1. The van der Waals surface area contributed by atoms with Crippen molar-refractivity contribution in [3.8, 4) is 0 Å². The summed E-state index contributed by atoms with van der Waals surface area (Å²) < 4.78 is 1.66. The number of imidazole rings is 1. The third-order valence-electron chi connectivity index (χ3n) is 4.61. The van der Waals surface area contributed by atoms with Gasteiger partial charge in [-0.15, -0.1) is 0 Å². The summed E-state index contributed by atoms with van der Waals surface area (Å²) in [5.74, 6) is -0.356. The zero-order valence-electron chi connectivity index (χ0n) is 16.4. The van der Waals surface area contributed by atoms with E-state index in [-0.39, 0.29) is 23.3 Å². The summed E-state index contributed by atoms with van der Waals surface area (Å²) in [6, 6.07) is 13.4. The highest BCUT2D eigenvalue weighted by Crippen LogP contribution is 2.14. The molecule has 0 saturated carbocycles. The Kier molecular flexibility index (Phi) is 6.42. The van der Waals surface area contributed by atoms with Crippen molar-refractivity contribution in [3.63, 3.8) is 0 Å². The van der Waals surface area contributed by atoms with Gasteiger partial charge >= 0.3 is 0 Å². The van der Waals surface area contributed by atoms with Crippen LogP contribution in [-0.2, 0) is 6.54 Å². The van der Waals surface area contributed by atoms with E-state index in [1.807, 2.05) is 43.3 Å². The molecule has 0 aliphatic carbocycles. The minimum Gasteiger partial charge on any atom is -0.351 e. The van der Waals surface area contributed by atoms with Gasteiger partial charge in [0.1, 0.15) is 0 Å². The molecule has 0 spiro atoms. The van der Waals surface area contributed by atoms with Gasteiger partial charge in [-0.3, -0.25) is 14.0 Å². The van der Waals surface area contributed by atoms with Crippen LogP contribution in [0.4, 0.5) is 0 Å². The standard InChI is InChI=1S/C22H26N4O2/c1-3-4-6-13-23-21(27)19-18-8-5-7-14-26(18)20(25-19)22(28)24-15-17-11-9-16(2)10-12-17/h5,7-12,14H,3-4,6,13,15H2,1-2H3,(H,23,27)(H,24,28). The zero-order chi connectivity index (χ0) is 19.9. The fourth-order valence-electron chi connectivity index (χ4n) is 2.99. The van der Waals surface area contributed by atoms with Gasteiger partial charge in [-0.1, -0.05) is 55.7 Å². The fourth-order valence-corrected chi connectivity index (χ4v) is 2.99. The van der Waals surface area contributed by atoms with Gasteiger partial charge in [-0.2, -0.15) is 0 Å². The first-order chi connectivity index (χ1) is 13.6. The molecule has 2 amide bonds. The molecule has 28 heavy (non-hydrogen) atoms. The smallest absolute Gasteiger partial charge is 0.287 e. The van der Waals surface area contributed by atoms with E-state index in [2.05, 4.69) is 22.5 Å². The Morgan fingerprint density at radius 3 is 2.54 bits per heavy atom. The first-order valence-corrected chi connectivity index (χ1v) is 9.69. The first kappa shape index (κ1) is 19.6. The van der Waals surface area contributed by atoms with E-state index in [0.717, 1.165) is 24.8 Å². The van der Waals surface area contributed by atoms with Crippen LogP contribution in [0.25, 0.3) is 5.52 Å². The van der Waals surface area contributed by atoms with Crippen molar-refractivity contribution in [1.82, 2.24) is 20.0 Å². The molecule has 0 aliphatic heterocycles. The molecule has 2 N–H and O–H groups in total. The molecule has 3 rings (SSSR count). The van der Waals surface area contributed by atoms with Gasteiger partial charge in [0.05, 0.1) is 5.52 Å². The van der Waals surface area contributed by atoms with Crippen LogP contribution in [0.1, 0.15) is 58.4 Å². The number of nitrogens with one attached hydrogen (secondary N) is 2. The molecule has 0 saturated heterocycles. The number of nitrogens with zero attached hydrogens (tertiary/aromatic N) is 2. The van der Waals surface area contributed by atoms with Crippen LogP contribution in [0.2, 0.25) is 0 Å². The van der Waals surface area contributed by atoms with Crippen LogP contribution >= 0.6 is 0 Å². The van der Waals surface area contributed by atoms with Crippen molar-refractivity contribution in [1.29, 1.82) is 0 Å². The highest BCUT2D eigenvalue weighted by Gasteiger charge is 2.21. The van der Waals surface area contributed by atoms with Crippen molar-refractivity contribution < 1.29 is 9.59 Å². The van der Waals surface area contributed by atoms with Crippen molar-refractivity contribution in [2.75, 3.05) is 6.54 Å². The maximum absolute atomic E-state index is 12.7. The highest BCUT2D eigenvalue weighted by molar-refractivity contribution is 6.02. The topological polar surface area (TPSA) is 75.5 Å². The Labute approximate surface area is 165 Å². The molecule has 0 atom stereocenters. The number of hydrogen-bond donors (Lipinski definition) is 2. The number of aromatic nitrogens is 2. The van der Waals surface area contributed by atoms with Gasteiger partial charge in [0, 0.05) is 19.3 Å². The van der Waals surface area contributed by atoms with Crippen LogP contribution in [0.15, 0.2) is 48.7 Å². The van der Waals surface area contributed by atoms with E-state index < -0.39 is 0 Å². The van der Waals surface area contributed by atoms with Crippen molar-refractivity contribution in [2.45, 2.75) is 39.7 Å². The average molecular weight is 378 g/mol. The lowest BCUT2D eigenvalue weighted by Gasteiger charge is -2.05. The van der Waals surface area contributed by atoms with Crippen LogP contribution in [0, 0.1) is 6.92 Å². The maximum Gasteiger partial charge on any atom is 0.287 e. The monoisotopic (exact) mass is 378 g/mol. The number of fused-ring (bicyclic) bond motifs is 1. The van der Waals surface area contributed by atoms with Crippen molar-refractivity contribution >= 4 is 17.3 Å². The molecular weight excluding hydrogens is 352 g/mol. The number of carbonyl (C=O) groups excluding carboxylic acids is 2. The third kappa shape index (κ3) is 4.57. The summed E-state index contributed by atoms with van der Waals surface area (Å²) in [5, 5.41) is 5.78. The summed E-state index contributed by atoms with van der Waals surface area (Å²) in [5.41, 5.74) is 3.08. The van der Waals surface area contributed by atoms with Gasteiger partial charge in [-0.05, 0) is 31.0 Å². The Hall–Kier alpha value is -3.15. The molecule has 0 bridgehead atoms. The molecule has 0 unspecified atom stereocenters. The third-order valence-corrected chi connectivity index (χ3v) is 4.61. The lowest BCUT2D eigenvalue weighted by Crippen LogP contribution is -2.26.